The van der Waals surface area contributed by atoms with Crippen molar-refractivity contribution < 1.29 is 9.84 Å². The molecule has 0 spiro atoms. The molecule has 0 unspecified atom stereocenters. The van der Waals surface area contributed by atoms with E-state index < -0.39 is 0 Å². The van der Waals surface area contributed by atoms with Crippen LogP contribution >= 0.6 is 15.9 Å². The van der Waals surface area contributed by atoms with Gasteiger partial charge in [-0.1, -0.05) is 70.5 Å². The first kappa shape index (κ1) is 19.0. The molecule has 0 aliphatic carbocycles. The van der Waals surface area contributed by atoms with E-state index in [1.54, 1.807) is 0 Å². The Morgan fingerprint density at radius 2 is 1.82 bits per heavy atom. The summed E-state index contributed by atoms with van der Waals surface area (Å²) < 4.78 is 7.30. The highest BCUT2D eigenvalue weighted by molar-refractivity contribution is 9.10. The van der Waals surface area contributed by atoms with Gasteiger partial charge in [-0.25, -0.2) is 0 Å². The lowest BCUT2D eigenvalue weighted by molar-refractivity contribution is 0.272. The van der Waals surface area contributed by atoms with Gasteiger partial charge in [-0.3, -0.25) is 0 Å². The van der Waals surface area contributed by atoms with Crippen LogP contribution in [0.4, 0.5) is 5.69 Å². The van der Waals surface area contributed by atoms with Crippen LogP contribution in [0.3, 0.4) is 0 Å². The van der Waals surface area contributed by atoms with Gasteiger partial charge in [0.1, 0.15) is 12.4 Å². The zero-order valence-electron chi connectivity index (χ0n) is 15.7. The molecule has 0 fully saturated rings. The van der Waals surface area contributed by atoms with Gasteiger partial charge < -0.3 is 14.7 Å². The molecule has 0 radical (unpaired) electrons. The average molecular weight is 438 g/mol. The van der Waals surface area contributed by atoms with Gasteiger partial charge in [-0.05, 0) is 47.7 Å². The van der Waals surface area contributed by atoms with Crippen LogP contribution < -0.4 is 9.64 Å². The van der Waals surface area contributed by atoms with Crippen molar-refractivity contribution in [1.82, 2.24) is 0 Å². The van der Waals surface area contributed by atoms with Crippen LogP contribution in [-0.2, 0) is 13.0 Å². The Bertz CT molecular complexity index is 929. The summed E-state index contributed by atoms with van der Waals surface area (Å²) in [6.45, 7) is 1.63. The molecular formula is C24H24BrNO2. The highest BCUT2D eigenvalue weighted by Crippen LogP contribution is 2.43. The third-order valence-electron chi connectivity index (χ3n) is 5.24. The van der Waals surface area contributed by atoms with E-state index in [-0.39, 0.29) is 12.6 Å². The minimum atomic E-state index is 0.116. The minimum absolute atomic E-state index is 0.116. The van der Waals surface area contributed by atoms with Crippen molar-refractivity contribution in [2.75, 3.05) is 18.1 Å². The van der Waals surface area contributed by atoms with Crippen LogP contribution in [0.2, 0.25) is 0 Å². The summed E-state index contributed by atoms with van der Waals surface area (Å²) in [4.78, 5) is 2.40. The van der Waals surface area contributed by atoms with Crippen LogP contribution in [0, 0.1) is 0 Å². The monoisotopic (exact) mass is 437 g/mol. The molecule has 1 aliphatic heterocycles. The molecule has 0 amide bonds. The lowest BCUT2D eigenvalue weighted by atomic mass is 10.0. The Labute approximate surface area is 174 Å². The molecule has 4 rings (SSSR count). The topological polar surface area (TPSA) is 32.7 Å². The molecule has 1 heterocycles. The molecular weight excluding hydrogens is 414 g/mol. The number of benzene rings is 3. The van der Waals surface area contributed by atoms with Gasteiger partial charge in [-0.15, -0.1) is 0 Å². The highest BCUT2D eigenvalue weighted by atomic mass is 79.9. The predicted molar refractivity (Wildman–Crippen MR) is 117 cm³/mol. The number of anilines is 1. The number of rotatable bonds is 7. The molecule has 3 aromatic rings. The van der Waals surface area contributed by atoms with Crippen LogP contribution in [0.5, 0.6) is 5.75 Å². The second kappa shape index (κ2) is 8.80. The summed E-state index contributed by atoms with van der Waals surface area (Å²) in [6, 6.07) is 25.0. The number of halogens is 1. The fraction of sp³-hybridized carbons (Fsp3) is 0.250. The van der Waals surface area contributed by atoms with Gasteiger partial charge >= 0.3 is 0 Å². The number of nitrogens with zero attached hydrogens (tertiary/aromatic N) is 1. The van der Waals surface area contributed by atoms with E-state index in [2.05, 4.69) is 69.4 Å². The SMILES string of the molecule is OCC[C@@H](c1cccc(Br)c1)N1CCc2cccc(OCc3ccccc3)c21. The second-order valence-corrected chi connectivity index (χ2v) is 7.98. The maximum Gasteiger partial charge on any atom is 0.143 e. The molecule has 3 aromatic carbocycles. The Morgan fingerprint density at radius 1 is 1.00 bits per heavy atom. The smallest absolute Gasteiger partial charge is 0.143 e. The minimum Gasteiger partial charge on any atom is -0.487 e. The van der Waals surface area contributed by atoms with E-state index in [1.165, 1.54) is 11.1 Å². The normalized spacial score (nSPS) is 14.0. The van der Waals surface area contributed by atoms with Crippen LogP contribution in [0.1, 0.15) is 29.2 Å². The van der Waals surface area contributed by atoms with Gasteiger partial charge in [0.2, 0.25) is 0 Å². The molecule has 0 saturated carbocycles. The van der Waals surface area contributed by atoms with Gasteiger partial charge in [0.15, 0.2) is 0 Å². The summed E-state index contributed by atoms with van der Waals surface area (Å²) in [5.41, 5.74) is 4.83. The number of hydrogen-bond donors (Lipinski definition) is 1. The molecule has 0 saturated heterocycles. The lowest BCUT2D eigenvalue weighted by Crippen LogP contribution is -2.28. The van der Waals surface area contributed by atoms with Crippen molar-refractivity contribution in [3.05, 3.63) is 94.0 Å². The Hall–Kier alpha value is -2.30. The summed E-state index contributed by atoms with van der Waals surface area (Å²) in [5.74, 6) is 0.914. The number of para-hydroxylation sites is 1. The Morgan fingerprint density at radius 3 is 2.61 bits per heavy atom. The largest absolute Gasteiger partial charge is 0.487 e. The van der Waals surface area contributed by atoms with Crippen LogP contribution in [0.25, 0.3) is 0 Å². The van der Waals surface area contributed by atoms with Crippen molar-refractivity contribution in [2.45, 2.75) is 25.5 Å². The molecule has 144 valence electrons. The molecule has 0 bridgehead atoms. The average Bonchev–Trinajstić information content (AvgIpc) is 3.16. The van der Waals surface area contributed by atoms with E-state index in [0.29, 0.717) is 13.0 Å². The molecule has 4 heteroatoms. The number of aliphatic hydroxyl groups excluding tert-OH is 1. The Balaban J connectivity index is 1.64. The predicted octanol–water partition coefficient (Wildman–Crippen LogP) is 5.51. The number of fused-ring (bicyclic) bond motifs is 1. The molecule has 1 N–H and O–H groups in total. The molecule has 3 nitrogen and oxygen atoms in total. The molecule has 1 atom stereocenters. The van der Waals surface area contributed by atoms with Crippen LogP contribution in [-0.4, -0.2) is 18.3 Å². The maximum atomic E-state index is 9.73. The number of aliphatic hydroxyl groups is 1. The van der Waals surface area contributed by atoms with E-state index in [9.17, 15) is 5.11 Å². The van der Waals surface area contributed by atoms with Crippen LogP contribution in [0.15, 0.2) is 77.3 Å². The van der Waals surface area contributed by atoms with E-state index in [4.69, 9.17) is 4.74 Å². The van der Waals surface area contributed by atoms with E-state index >= 15 is 0 Å². The first-order chi connectivity index (χ1) is 13.8. The lowest BCUT2D eigenvalue weighted by Gasteiger charge is -2.32. The van der Waals surface area contributed by atoms with Crippen molar-refractivity contribution in [2.24, 2.45) is 0 Å². The van der Waals surface area contributed by atoms with Gasteiger partial charge in [0.05, 0.1) is 11.7 Å². The third kappa shape index (κ3) is 4.08. The quantitative estimate of drug-likeness (QED) is 0.528. The van der Waals surface area contributed by atoms with Gasteiger partial charge in [0, 0.05) is 17.6 Å². The third-order valence-corrected chi connectivity index (χ3v) is 5.73. The first-order valence-electron chi connectivity index (χ1n) is 9.68. The summed E-state index contributed by atoms with van der Waals surface area (Å²) >= 11 is 3.58. The van der Waals surface area contributed by atoms with E-state index in [0.717, 1.165) is 34.4 Å². The summed E-state index contributed by atoms with van der Waals surface area (Å²) in [5, 5.41) is 9.73. The van der Waals surface area contributed by atoms with Crippen molar-refractivity contribution in [1.29, 1.82) is 0 Å². The Kier molecular flexibility index (Phi) is 5.98. The van der Waals surface area contributed by atoms with Crippen molar-refractivity contribution in [3.8, 4) is 5.75 Å². The zero-order valence-corrected chi connectivity index (χ0v) is 17.3. The van der Waals surface area contributed by atoms with Gasteiger partial charge in [-0.2, -0.15) is 0 Å². The molecule has 1 aliphatic rings. The summed E-state index contributed by atoms with van der Waals surface area (Å²) in [6.07, 6.45) is 1.68. The fourth-order valence-electron chi connectivity index (χ4n) is 3.95. The van der Waals surface area contributed by atoms with E-state index in [1.807, 2.05) is 24.3 Å². The number of hydrogen-bond acceptors (Lipinski definition) is 3. The van der Waals surface area contributed by atoms with Crippen molar-refractivity contribution >= 4 is 21.6 Å². The first-order valence-corrected chi connectivity index (χ1v) is 10.5. The highest BCUT2D eigenvalue weighted by Gasteiger charge is 2.30. The maximum absolute atomic E-state index is 9.73. The van der Waals surface area contributed by atoms with Crippen molar-refractivity contribution in [3.63, 3.8) is 0 Å². The second-order valence-electron chi connectivity index (χ2n) is 7.06. The summed E-state index contributed by atoms with van der Waals surface area (Å²) in [7, 11) is 0. The standard InChI is InChI=1S/C24H24BrNO2/c25-21-10-4-9-20(16-21)22(13-15-27)26-14-12-19-8-5-11-23(24(19)26)28-17-18-6-2-1-3-7-18/h1-11,16,22,27H,12-15,17H2/t22-/m0/s1. The number of ether oxygens (including phenoxy) is 1. The fourth-order valence-corrected chi connectivity index (χ4v) is 4.37. The molecule has 0 aromatic heterocycles. The van der Waals surface area contributed by atoms with Gasteiger partial charge in [0.25, 0.3) is 0 Å². The zero-order chi connectivity index (χ0) is 19.3. The molecule has 28 heavy (non-hydrogen) atoms.